The van der Waals surface area contributed by atoms with Crippen LogP contribution in [0.1, 0.15) is 16.1 Å². The number of fused-ring (bicyclic) bond motifs is 3. The quantitative estimate of drug-likeness (QED) is 0.789. The van der Waals surface area contributed by atoms with E-state index in [4.69, 9.17) is 0 Å². The molecule has 1 N–H and O–H groups in total. The number of Topliss-reactive ketones (excluding diaryl/α,β-unsaturated/α-hetero) is 1. The summed E-state index contributed by atoms with van der Waals surface area (Å²) in [6, 6.07) is 15.2. The summed E-state index contributed by atoms with van der Waals surface area (Å²) < 4.78 is 1.82. The highest BCUT2D eigenvalue weighted by Crippen LogP contribution is 2.23. The second kappa shape index (κ2) is 5.11. The molecule has 2 aromatic heterocycles. The zero-order valence-corrected chi connectivity index (χ0v) is 11.8. The Morgan fingerprint density at radius 3 is 2.77 bits per heavy atom. The van der Waals surface area contributed by atoms with E-state index in [0.29, 0.717) is 17.9 Å². The summed E-state index contributed by atoms with van der Waals surface area (Å²) in [5, 5.41) is 3.02. The fraction of sp³-hybridized carbons (Fsp3) is 0.118. The Morgan fingerprint density at radius 2 is 1.91 bits per heavy atom. The number of nitrogens with one attached hydrogen (secondary N) is 1. The summed E-state index contributed by atoms with van der Waals surface area (Å²) in [6.45, 7) is 0. The topological polar surface area (TPSA) is 58.8 Å². The van der Waals surface area contributed by atoms with Gasteiger partial charge in [0.2, 0.25) is 5.78 Å². The first-order valence-corrected chi connectivity index (χ1v) is 7.16. The molecule has 0 radical (unpaired) electrons. The Hall–Kier alpha value is -2.95. The summed E-state index contributed by atoms with van der Waals surface area (Å²) in [5.41, 5.74) is 2.41. The molecule has 108 valence electrons. The third-order valence-corrected chi connectivity index (χ3v) is 3.79. The Balaban J connectivity index is 1.76. The molecule has 1 aliphatic rings. The first-order valence-electron chi connectivity index (χ1n) is 7.16. The van der Waals surface area contributed by atoms with Crippen LogP contribution in [-0.2, 0) is 6.42 Å². The lowest BCUT2D eigenvalue weighted by atomic mass is 10.0. The monoisotopic (exact) mass is 290 g/mol. The maximum Gasteiger partial charge on any atom is 0.208 e. The van der Waals surface area contributed by atoms with E-state index >= 15 is 0 Å². The normalized spacial score (nSPS) is 17.1. The predicted octanol–water partition coefficient (Wildman–Crippen LogP) is 2.58. The van der Waals surface area contributed by atoms with Gasteiger partial charge in [0.25, 0.3) is 0 Å². The van der Waals surface area contributed by atoms with Gasteiger partial charge in [0.1, 0.15) is 17.4 Å². The van der Waals surface area contributed by atoms with Crippen molar-refractivity contribution in [3.8, 4) is 0 Å². The lowest BCUT2D eigenvalue weighted by molar-refractivity contribution is 0.0958. The number of pyridine rings is 1. The molecule has 22 heavy (non-hydrogen) atoms. The van der Waals surface area contributed by atoms with Crippen molar-refractivity contribution in [2.24, 2.45) is 4.99 Å². The molecule has 0 aliphatic carbocycles. The zero-order chi connectivity index (χ0) is 14.9. The van der Waals surface area contributed by atoms with Gasteiger partial charge < -0.3 is 5.32 Å². The maximum absolute atomic E-state index is 12.9. The number of ketones is 1. The third-order valence-electron chi connectivity index (χ3n) is 3.79. The SMILES string of the molecule is O=C1c2c(nc3ccccn23)NC=N[C@H]1Cc1ccccc1. The Morgan fingerprint density at radius 1 is 1.09 bits per heavy atom. The molecular formula is C17H14N4O. The van der Waals surface area contributed by atoms with Crippen LogP contribution in [0.3, 0.4) is 0 Å². The Bertz CT molecular complexity index is 867. The lowest BCUT2D eigenvalue weighted by Crippen LogP contribution is -2.22. The molecule has 4 rings (SSSR count). The molecule has 0 spiro atoms. The standard InChI is InChI=1S/C17H14N4O/c22-16-13(10-12-6-2-1-3-7-12)18-11-19-17-15(16)21-9-5-4-8-14(21)20-17/h1-9,11,13H,10H2,(H,18,19)/t13-/m0/s1. The molecule has 0 unspecified atom stereocenters. The lowest BCUT2D eigenvalue weighted by Gasteiger charge is -2.10. The van der Waals surface area contributed by atoms with E-state index in [1.165, 1.54) is 0 Å². The van der Waals surface area contributed by atoms with E-state index in [0.717, 1.165) is 11.2 Å². The molecule has 1 aromatic carbocycles. The molecule has 0 saturated carbocycles. The van der Waals surface area contributed by atoms with Crippen LogP contribution in [0.15, 0.2) is 59.7 Å². The number of imidazole rings is 1. The van der Waals surface area contributed by atoms with Gasteiger partial charge in [-0.15, -0.1) is 0 Å². The van der Waals surface area contributed by atoms with Crippen LogP contribution in [0.25, 0.3) is 5.65 Å². The van der Waals surface area contributed by atoms with Crippen LogP contribution in [-0.4, -0.2) is 27.5 Å². The average Bonchev–Trinajstić information content (AvgIpc) is 2.85. The summed E-state index contributed by atoms with van der Waals surface area (Å²) in [4.78, 5) is 21.7. The first kappa shape index (κ1) is 12.8. The number of aromatic nitrogens is 2. The summed E-state index contributed by atoms with van der Waals surface area (Å²) >= 11 is 0. The number of hydrogen-bond donors (Lipinski definition) is 1. The number of carbonyl (C=O) groups is 1. The van der Waals surface area contributed by atoms with Crippen molar-refractivity contribution in [3.05, 3.63) is 66.0 Å². The van der Waals surface area contributed by atoms with Crippen molar-refractivity contribution in [1.82, 2.24) is 9.38 Å². The van der Waals surface area contributed by atoms with E-state index in [9.17, 15) is 4.79 Å². The molecular weight excluding hydrogens is 276 g/mol. The van der Waals surface area contributed by atoms with Crippen molar-refractivity contribution >= 4 is 23.6 Å². The molecule has 0 saturated heterocycles. The number of benzene rings is 1. The minimum atomic E-state index is -0.434. The summed E-state index contributed by atoms with van der Waals surface area (Å²) in [7, 11) is 0. The van der Waals surface area contributed by atoms with E-state index in [2.05, 4.69) is 15.3 Å². The minimum absolute atomic E-state index is 0.0150. The second-order valence-electron chi connectivity index (χ2n) is 5.23. The molecule has 5 nitrogen and oxygen atoms in total. The van der Waals surface area contributed by atoms with Crippen LogP contribution in [0, 0.1) is 0 Å². The average molecular weight is 290 g/mol. The number of aliphatic imine (C=N–C) groups is 1. The summed E-state index contributed by atoms with van der Waals surface area (Å²) in [5.74, 6) is 0.550. The molecule has 0 bridgehead atoms. The van der Waals surface area contributed by atoms with Crippen LogP contribution in [0.4, 0.5) is 5.82 Å². The van der Waals surface area contributed by atoms with Gasteiger partial charge in [-0.1, -0.05) is 36.4 Å². The Labute approximate surface area is 127 Å². The Kier molecular flexibility index (Phi) is 2.96. The van der Waals surface area contributed by atoms with Gasteiger partial charge in [-0.05, 0) is 17.7 Å². The van der Waals surface area contributed by atoms with Crippen LogP contribution in [0.5, 0.6) is 0 Å². The van der Waals surface area contributed by atoms with E-state index in [-0.39, 0.29) is 5.78 Å². The molecule has 3 aromatic rings. The smallest absolute Gasteiger partial charge is 0.208 e. The fourth-order valence-electron chi connectivity index (χ4n) is 2.73. The van der Waals surface area contributed by atoms with Gasteiger partial charge in [-0.25, -0.2) is 4.98 Å². The molecule has 5 heteroatoms. The number of nitrogens with zero attached hydrogens (tertiary/aromatic N) is 3. The highest BCUT2D eigenvalue weighted by Gasteiger charge is 2.28. The number of hydrogen-bond acceptors (Lipinski definition) is 4. The van der Waals surface area contributed by atoms with Crippen molar-refractivity contribution < 1.29 is 4.79 Å². The fourth-order valence-corrected chi connectivity index (χ4v) is 2.73. The van der Waals surface area contributed by atoms with E-state index in [1.54, 1.807) is 6.34 Å². The zero-order valence-electron chi connectivity index (χ0n) is 11.8. The van der Waals surface area contributed by atoms with Crippen LogP contribution in [0.2, 0.25) is 0 Å². The van der Waals surface area contributed by atoms with Crippen molar-refractivity contribution in [1.29, 1.82) is 0 Å². The van der Waals surface area contributed by atoms with Gasteiger partial charge in [0.05, 0.1) is 6.34 Å². The minimum Gasteiger partial charge on any atom is -0.329 e. The number of anilines is 1. The maximum atomic E-state index is 12.9. The third kappa shape index (κ3) is 2.07. The van der Waals surface area contributed by atoms with Gasteiger partial charge in [-0.3, -0.25) is 14.2 Å². The van der Waals surface area contributed by atoms with E-state index < -0.39 is 6.04 Å². The molecule has 1 atom stereocenters. The highest BCUT2D eigenvalue weighted by molar-refractivity contribution is 6.07. The van der Waals surface area contributed by atoms with Crippen molar-refractivity contribution in [2.75, 3.05) is 5.32 Å². The van der Waals surface area contributed by atoms with Crippen LogP contribution < -0.4 is 5.32 Å². The van der Waals surface area contributed by atoms with Gasteiger partial charge in [0.15, 0.2) is 5.82 Å². The second-order valence-corrected chi connectivity index (χ2v) is 5.23. The largest absolute Gasteiger partial charge is 0.329 e. The molecule has 0 amide bonds. The van der Waals surface area contributed by atoms with Crippen molar-refractivity contribution in [3.63, 3.8) is 0 Å². The molecule has 0 fully saturated rings. The van der Waals surface area contributed by atoms with Gasteiger partial charge in [0, 0.05) is 12.6 Å². The number of carbonyl (C=O) groups excluding carboxylic acids is 1. The molecule has 1 aliphatic heterocycles. The summed E-state index contributed by atoms with van der Waals surface area (Å²) in [6.07, 6.45) is 4.01. The van der Waals surface area contributed by atoms with E-state index in [1.807, 2.05) is 59.1 Å². The highest BCUT2D eigenvalue weighted by atomic mass is 16.1. The van der Waals surface area contributed by atoms with Crippen molar-refractivity contribution in [2.45, 2.75) is 12.5 Å². The molecule has 3 heterocycles. The van der Waals surface area contributed by atoms with Crippen LogP contribution >= 0.6 is 0 Å². The number of rotatable bonds is 2. The van der Waals surface area contributed by atoms with Gasteiger partial charge >= 0.3 is 0 Å². The first-order chi connectivity index (χ1) is 10.8. The predicted molar refractivity (Wildman–Crippen MR) is 85.6 cm³/mol. The van der Waals surface area contributed by atoms with Gasteiger partial charge in [-0.2, -0.15) is 0 Å².